The number of amides is 1. The van der Waals surface area contributed by atoms with Crippen LogP contribution in [0.3, 0.4) is 0 Å². The van der Waals surface area contributed by atoms with Gasteiger partial charge in [0.15, 0.2) is 0 Å². The highest BCUT2D eigenvalue weighted by Crippen LogP contribution is 2.22. The smallest absolute Gasteiger partial charge is 0.303 e. The zero-order chi connectivity index (χ0) is 15.2. The molecule has 3 unspecified atom stereocenters. The fraction of sp³-hybridized carbons (Fsp3) is 0.375. The van der Waals surface area contributed by atoms with Crippen molar-refractivity contribution in [2.45, 2.75) is 31.3 Å². The molecule has 112 valence electrons. The molecule has 0 saturated heterocycles. The van der Waals surface area contributed by atoms with Gasteiger partial charge in [-0.25, -0.2) is 0 Å². The summed E-state index contributed by atoms with van der Waals surface area (Å²) in [5.74, 6) is -1.19. The molecule has 0 spiro atoms. The first-order chi connectivity index (χ1) is 10.1. The van der Waals surface area contributed by atoms with E-state index in [0.717, 1.165) is 5.56 Å². The van der Waals surface area contributed by atoms with Crippen LogP contribution in [0.4, 0.5) is 0 Å². The molecule has 1 aromatic carbocycles. The van der Waals surface area contributed by atoms with Gasteiger partial charge in [-0.3, -0.25) is 9.59 Å². The molecule has 2 rings (SSSR count). The number of benzene rings is 1. The van der Waals surface area contributed by atoms with E-state index in [9.17, 15) is 9.59 Å². The molecule has 0 saturated carbocycles. The van der Waals surface area contributed by atoms with Crippen molar-refractivity contribution in [3.05, 3.63) is 48.0 Å². The molecule has 4 N–H and O–H groups in total. The Morgan fingerprint density at radius 2 is 2.00 bits per heavy atom. The van der Waals surface area contributed by atoms with E-state index >= 15 is 0 Å². The summed E-state index contributed by atoms with van der Waals surface area (Å²) in [6, 6.07) is 9.06. The van der Waals surface area contributed by atoms with E-state index in [-0.39, 0.29) is 30.3 Å². The second kappa shape index (κ2) is 7.04. The predicted octanol–water partition coefficient (Wildman–Crippen LogP) is 1.61. The van der Waals surface area contributed by atoms with Crippen molar-refractivity contribution in [2.75, 3.05) is 0 Å². The molecule has 1 aliphatic carbocycles. The fourth-order valence-electron chi connectivity index (χ4n) is 2.48. The third-order valence-electron chi connectivity index (χ3n) is 3.62. The van der Waals surface area contributed by atoms with E-state index in [2.05, 4.69) is 5.32 Å². The van der Waals surface area contributed by atoms with Crippen LogP contribution in [0.25, 0.3) is 0 Å². The summed E-state index contributed by atoms with van der Waals surface area (Å²) >= 11 is 0. The van der Waals surface area contributed by atoms with Gasteiger partial charge in [0.05, 0.1) is 12.0 Å². The number of carboxylic acid groups (broad SMARTS) is 1. The van der Waals surface area contributed by atoms with Gasteiger partial charge >= 0.3 is 5.97 Å². The van der Waals surface area contributed by atoms with Crippen molar-refractivity contribution in [1.29, 1.82) is 0 Å². The normalized spacial score (nSPS) is 22.0. The van der Waals surface area contributed by atoms with Crippen molar-refractivity contribution in [3.63, 3.8) is 0 Å². The van der Waals surface area contributed by atoms with Crippen LogP contribution in [0, 0.1) is 5.92 Å². The van der Waals surface area contributed by atoms with E-state index in [4.69, 9.17) is 10.8 Å². The Morgan fingerprint density at radius 3 is 2.57 bits per heavy atom. The molecular weight excluding hydrogens is 268 g/mol. The number of rotatable bonds is 6. The van der Waals surface area contributed by atoms with Crippen LogP contribution in [-0.2, 0) is 9.59 Å². The molecular formula is C16H20N2O3. The van der Waals surface area contributed by atoms with E-state index in [1.54, 1.807) is 0 Å². The summed E-state index contributed by atoms with van der Waals surface area (Å²) in [5.41, 5.74) is 6.67. The number of nitrogens with two attached hydrogens (primary N) is 1. The van der Waals surface area contributed by atoms with Gasteiger partial charge in [0.25, 0.3) is 0 Å². The van der Waals surface area contributed by atoms with Crippen LogP contribution in [0.1, 0.15) is 30.9 Å². The van der Waals surface area contributed by atoms with Crippen LogP contribution < -0.4 is 11.1 Å². The number of carbonyl (C=O) groups is 2. The maximum absolute atomic E-state index is 12.3. The zero-order valence-electron chi connectivity index (χ0n) is 11.7. The highest BCUT2D eigenvalue weighted by Gasteiger charge is 2.25. The zero-order valence-corrected chi connectivity index (χ0v) is 11.7. The van der Waals surface area contributed by atoms with Crippen molar-refractivity contribution >= 4 is 11.9 Å². The molecule has 21 heavy (non-hydrogen) atoms. The van der Waals surface area contributed by atoms with Crippen LogP contribution in [-0.4, -0.2) is 23.0 Å². The Kier molecular flexibility index (Phi) is 5.11. The molecule has 0 fully saturated rings. The van der Waals surface area contributed by atoms with Crippen molar-refractivity contribution < 1.29 is 14.7 Å². The third kappa shape index (κ3) is 4.43. The average molecular weight is 288 g/mol. The average Bonchev–Trinajstić information content (AvgIpc) is 2.90. The lowest BCUT2D eigenvalue weighted by molar-refractivity contribution is -0.137. The Labute approximate surface area is 123 Å². The second-order valence-electron chi connectivity index (χ2n) is 5.30. The standard InChI is InChI=1S/C16H20N2O3/c17-13-7-6-12(10-13)16(21)18-14(8-9-15(19)20)11-4-2-1-3-5-11/h1-7,12-14H,8-10,17H2,(H,18,21)(H,19,20). The molecule has 5 heteroatoms. The number of hydrogen-bond donors (Lipinski definition) is 3. The van der Waals surface area contributed by atoms with Gasteiger partial charge in [0.1, 0.15) is 0 Å². The first kappa shape index (κ1) is 15.3. The Morgan fingerprint density at radius 1 is 1.29 bits per heavy atom. The maximum Gasteiger partial charge on any atom is 0.303 e. The van der Waals surface area contributed by atoms with Gasteiger partial charge in [-0.15, -0.1) is 0 Å². The van der Waals surface area contributed by atoms with Crippen molar-refractivity contribution in [1.82, 2.24) is 5.32 Å². The van der Waals surface area contributed by atoms with E-state index in [0.29, 0.717) is 12.8 Å². The molecule has 5 nitrogen and oxygen atoms in total. The number of carboxylic acids is 1. The van der Waals surface area contributed by atoms with Gasteiger partial charge in [0.2, 0.25) is 5.91 Å². The minimum Gasteiger partial charge on any atom is -0.481 e. The molecule has 3 atom stereocenters. The monoisotopic (exact) mass is 288 g/mol. The molecule has 1 aliphatic rings. The predicted molar refractivity (Wildman–Crippen MR) is 79.4 cm³/mol. The van der Waals surface area contributed by atoms with Crippen LogP contribution in [0.5, 0.6) is 0 Å². The van der Waals surface area contributed by atoms with Gasteiger partial charge in [-0.2, -0.15) is 0 Å². The lowest BCUT2D eigenvalue weighted by Gasteiger charge is -2.20. The van der Waals surface area contributed by atoms with E-state index in [1.807, 2.05) is 42.5 Å². The second-order valence-corrected chi connectivity index (χ2v) is 5.30. The summed E-state index contributed by atoms with van der Waals surface area (Å²) in [5, 5.41) is 11.8. The lowest BCUT2D eigenvalue weighted by Crippen LogP contribution is -2.34. The topological polar surface area (TPSA) is 92.4 Å². The molecule has 1 aromatic rings. The molecule has 1 amide bonds. The van der Waals surface area contributed by atoms with Crippen molar-refractivity contribution in [2.24, 2.45) is 11.7 Å². The van der Waals surface area contributed by atoms with Crippen molar-refractivity contribution in [3.8, 4) is 0 Å². The van der Waals surface area contributed by atoms with Gasteiger partial charge in [-0.05, 0) is 18.4 Å². The molecule has 0 radical (unpaired) electrons. The first-order valence-corrected chi connectivity index (χ1v) is 7.07. The minimum absolute atomic E-state index is 0.0138. The fourth-order valence-corrected chi connectivity index (χ4v) is 2.48. The third-order valence-corrected chi connectivity index (χ3v) is 3.62. The molecule has 0 bridgehead atoms. The summed E-state index contributed by atoms with van der Waals surface area (Å²) < 4.78 is 0. The summed E-state index contributed by atoms with van der Waals surface area (Å²) in [6.07, 6.45) is 4.64. The van der Waals surface area contributed by atoms with Crippen LogP contribution >= 0.6 is 0 Å². The molecule has 0 aliphatic heterocycles. The Bertz CT molecular complexity index is 528. The number of hydrogen-bond acceptors (Lipinski definition) is 3. The summed E-state index contributed by atoms with van der Waals surface area (Å²) in [6.45, 7) is 0. The Hall–Kier alpha value is -2.14. The SMILES string of the molecule is NC1C=CC(C(=O)NC(CCC(=O)O)c2ccccc2)C1. The largest absolute Gasteiger partial charge is 0.481 e. The number of carbonyl (C=O) groups excluding carboxylic acids is 1. The van der Waals surface area contributed by atoms with Gasteiger partial charge in [0, 0.05) is 12.5 Å². The summed E-state index contributed by atoms with van der Waals surface area (Å²) in [7, 11) is 0. The highest BCUT2D eigenvalue weighted by molar-refractivity contribution is 5.81. The quantitative estimate of drug-likeness (QED) is 0.693. The maximum atomic E-state index is 12.3. The summed E-state index contributed by atoms with van der Waals surface area (Å²) in [4.78, 5) is 23.0. The van der Waals surface area contributed by atoms with Crippen LogP contribution in [0.2, 0.25) is 0 Å². The number of nitrogens with one attached hydrogen (secondary N) is 1. The molecule has 0 heterocycles. The van der Waals surface area contributed by atoms with Gasteiger partial charge < -0.3 is 16.2 Å². The number of aliphatic carboxylic acids is 1. The van der Waals surface area contributed by atoms with Crippen LogP contribution in [0.15, 0.2) is 42.5 Å². The van der Waals surface area contributed by atoms with Gasteiger partial charge in [-0.1, -0.05) is 42.5 Å². The lowest BCUT2D eigenvalue weighted by atomic mass is 10.00. The Balaban J connectivity index is 2.03. The first-order valence-electron chi connectivity index (χ1n) is 7.07. The van der Waals surface area contributed by atoms with E-state index < -0.39 is 5.97 Å². The molecule has 0 aromatic heterocycles. The minimum atomic E-state index is -0.868. The van der Waals surface area contributed by atoms with E-state index in [1.165, 1.54) is 0 Å². The highest BCUT2D eigenvalue weighted by atomic mass is 16.4.